The molecule has 1 aromatic rings. The molecule has 5 heteroatoms. The molecule has 0 radical (unpaired) electrons. The predicted molar refractivity (Wildman–Crippen MR) is 80.0 cm³/mol. The Labute approximate surface area is 125 Å². The van der Waals surface area contributed by atoms with Crippen molar-refractivity contribution in [2.24, 2.45) is 0 Å². The van der Waals surface area contributed by atoms with Crippen LogP contribution in [0, 0.1) is 0 Å². The number of benzene rings is 1. The van der Waals surface area contributed by atoms with Crippen LogP contribution in [0.3, 0.4) is 0 Å². The summed E-state index contributed by atoms with van der Waals surface area (Å²) in [6, 6.07) is 9.49. The van der Waals surface area contributed by atoms with Crippen LogP contribution in [0.4, 0.5) is 4.79 Å². The summed E-state index contributed by atoms with van der Waals surface area (Å²) in [4.78, 5) is 24.2. The van der Waals surface area contributed by atoms with E-state index in [0.29, 0.717) is 19.5 Å². The van der Waals surface area contributed by atoms with E-state index in [4.69, 9.17) is 9.84 Å². The van der Waals surface area contributed by atoms with E-state index in [2.05, 4.69) is 0 Å². The number of ether oxygens (including phenoxy) is 1. The molecule has 5 nitrogen and oxygen atoms in total. The lowest BCUT2D eigenvalue weighted by atomic mass is 10.2. The van der Waals surface area contributed by atoms with E-state index in [0.717, 1.165) is 18.4 Å². The molecule has 116 valence electrons. The van der Waals surface area contributed by atoms with Gasteiger partial charge in [-0.3, -0.25) is 4.79 Å². The number of amides is 1. The minimum absolute atomic E-state index is 0.0641. The summed E-state index contributed by atoms with van der Waals surface area (Å²) in [5, 5.41) is 8.66. The van der Waals surface area contributed by atoms with Gasteiger partial charge >= 0.3 is 12.1 Å². The standard InChI is InChI=1S/C16H23NO4/c1-2-3-11-17(12-7-10-15(18)19)16(20)21-13-14-8-5-4-6-9-14/h4-6,8-9H,2-3,7,10-13H2,1H3,(H,18,19). The van der Waals surface area contributed by atoms with Crippen LogP contribution in [0.1, 0.15) is 38.2 Å². The van der Waals surface area contributed by atoms with Gasteiger partial charge in [0.15, 0.2) is 0 Å². The maximum atomic E-state index is 12.1. The van der Waals surface area contributed by atoms with Crippen LogP contribution >= 0.6 is 0 Å². The smallest absolute Gasteiger partial charge is 0.410 e. The highest BCUT2D eigenvalue weighted by atomic mass is 16.6. The van der Waals surface area contributed by atoms with Crippen LogP contribution in [0.15, 0.2) is 30.3 Å². The Kier molecular flexibility index (Phi) is 7.94. The first-order valence-electron chi connectivity index (χ1n) is 7.31. The van der Waals surface area contributed by atoms with Crippen molar-refractivity contribution in [3.63, 3.8) is 0 Å². The van der Waals surface area contributed by atoms with Crippen molar-refractivity contribution in [3.8, 4) is 0 Å². The molecule has 0 unspecified atom stereocenters. The van der Waals surface area contributed by atoms with E-state index in [1.165, 1.54) is 0 Å². The number of carbonyl (C=O) groups excluding carboxylic acids is 1. The van der Waals surface area contributed by atoms with Crippen molar-refractivity contribution in [3.05, 3.63) is 35.9 Å². The molecular weight excluding hydrogens is 270 g/mol. The van der Waals surface area contributed by atoms with Gasteiger partial charge in [0.2, 0.25) is 0 Å². The lowest BCUT2D eigenvalue weighted by Crippen LogP contribution is -2.33. The molecular formula is C16H23NO4. The first-order valence-corrected chi connectivity index (χ1v) is 7.31. The molecule has 1 aromatic carbocycles. The molecule has 1 N–H and O–H groups in total. The summed E-state index contributed by atoms with van der Waals surface area (Å²) in [5.41, 5.74) is 0.937. The largest absolute Gasteiger partial charge is 0.481 e. The summed E-state index contributed by atoms with van der Waals surface area (Å²) in [5.74, 6) is -0.844. The second kappa shape index (κ2) is 9.80. The zero-order chi connectivity index (χ0) is 15.5. The van der Waals surface area contributed by atoms with E-state index >= 15 is 0 Å². The minimum Gasteiger partial charge on any atom is -0.481 e. The van der Waals surface area contributed by atoms with Gasteiger partial charge in [0.25, 0.3) is 0 Å². The van der Waals surface area contributed by atoms with Crippen LogP contribution < -0.4 is 0 Å². The molecule has 0 bridgehead atoms. The van der Waals surface area contributed by atoms with Crippen molar-refractivity contribution < 1.29 is 19.4 Å². The summed E-state index contributed by atoms with van der Waals surface area (Å²) in [6.07, 6.45) is 1.99. The molecule has 1 amide bonds. The van der Waals surface area contributed by atoms with Gasteiger partial charge < -0.3 is 14.7 Å². The molecule has 0 fully saturated rings. The van der Waals surface area contributed by atoms with Gasteiger partial charge in [-0.05, 0) is 18.4 Å². The molecule has 0 aliphatic carbocycles. The molecule has 0 aliphatic rings. The van der Waals surface area contributed by atoms with Gasteiger partial charge in [0.05, 0.1) is 0 Å². The second-order valence-electron chi connectivity index (χ2n) is 4.88. The summed E-state index contributed by atoms with van der Waals surface area (Å²) < 4.78 is 5.28. The fourth-order valence-electron chi connectivity index (χ4n) is 1.88. The molecule has 0 saturated heterocycles. The molecule has 0 aliphatic heterocycles. The number of aliphatic carboxylic acids is 1. The van der Waals surface area contributed by atoms with E-state index < -0.39 is 5.97 Å². The van der Waals surface area contributed by atoms with E-state index in [9.17, 15) is 9.59 Å². The van der Waals surface area contributed by atoms with Crippen molar-refractivity contribution >= 4 is 12.1 Å². The number of hydrogen-bond acceptors (Lipinski definition) is 3. The average molecular weight is 293 g/mol. The van der Waals surface area contributed by atoms with E-state index in [-0.39, 0.29) is 19.1 Å². The van der Waals surface area contributed by atoms with Crippen LogP contribution in [0.25, 0.3) is 0 Å². The number of unbranched alkanes of at least 4 members (excludes halogenated alkanes) is 1. The number of carbonyl (C=O) groups is 2. The maximum Gasteiger partial charge on any atom is 0.410 e. The molecule has 0 heterocycles. The quantitative estimate of drug-likeness (QED) is 0.758. The Morgan fingerprint density at radius 3 is 2.43 bits per heavy atom. The maximum absolute atomic E-state index is 12.1. The molecule has 21 heavy (non-hydrogen) atoms. The van der Waals surface area contributed by atoms with Crippen molar-refractivity contribution in [2.45, 2.75) is 39.2 Å². The van der Waals surface area contributed by atoms with Gasteiger partial charge in [-0.25, -0.2) is 4.79 Å². The Morgan fingerprint density at radius 2 is 1.81 bits per heavy atom. The minimum atomic E-state index is -0.844. The molecule has 0 saturated carbocycles. The number of hydrogen-bond donors (Lipinski definition) is 1. The van der Waals surface area contributed by atoms with Crippen LogP contribution in [-0.2, 0) is 16.1 Å². The molecule has 1 rings (SSSR count). The van der Waals surface area contributed by atoms with Crippen molar-refractivity contribution in [2.75, 3.05) is 13.1 Å². The first-order chi connectivity index (χ1) is 10.1. The second-order valence-corrected chi connectivity index (χ2v) is 4.88. The van der Waals surface area contributed by atoms with E-state index in [1.54, 1.807) is 4.90 Å². The highest BCUT2D eigenvalue weighted by Gasteiger charge is 2.14. The lowest BCUT2D eigenvalue weighted by molar-refractivity contribution is -0.137. The number of carboxylic acid groups (broad SMARTS) is 1. The van der Waals surface area contributed by atoms with Gasteiger partial charge in [0, 0.05) is 19.5 Å². The summed E-state index contributed by atoms with van der Waals surface area (Å²) in [6.45, 7) is 3.30. The normalized spacial score (nSPS) is 10.1. The third-order valence-corrected chi connectivity index (χ3v) is 3.06. The summed E-state index contributed by atoms with van der Waals surface area (Å²) in [7, 11) is 0. The third-order valence-electron chi connectivity index (χ3n) is 3.06. The predicted octanol–water partition coefficient (Wildman–Crippen LogP) is 3.29. The highest BCUT2D eigenvalue weighted by Crippen LogP contribution is 2.06. The van der Waals surface area contributed by atoms with Crippen LogP contribution in [0.2, 0.25) is 0 Å². The van der Waals surface area contributed by atoms with Gasteiger partial charge in [0.1, 0.15) is 6.61 Å². The Bertz CT molecular complexity index is 433. The SMILES string of the molecule is CCCCN(CCCC(=O)O)C(=O)OCc1ccccc1. The van der Waals surface area contributed by atoms with E-state index in [1.807, 2.05) is 37.3 Å². The molecule has 0 aromatic heterocycles. The van der Waals surface area contributed by atoms with Gasteiger partial charge in [-0.1, -0.05) is 43.7 Å². The lowest BCUT2D eigenvalue weighted by Gasteiger charge is -2.21. The van der Waals surface area contributed by atoms with Crippen molar-refractivity contribution in [1.29, 1.82) is 0 Å². The molecule has 0 atom stereocenters. The van der Waals surface area contributed by atoms with Gasteiger partial charge in [-0.2, -0.15) is 0 Å². The zero-order valence-electron chi connectivity index (χ0n) is 12.5. The third kappa shape index (κ3) is 7.34. The topological polar surface area (TPSA) is 66.8 Å². The first kappa shape index (κ1) is 17.0. The fourth-order valence-corrected chi connectivity index (χ4v) is 1.88. The Balaban J connectivity index is 2.43. The number of nitrogens with zero attached hydrogens (tertiary/aromatic N) is 1. The number of carboxylic acids is 1. The van der Waals surface area contributed by atoms with Gasteiger partial charge in [-0.15, -0.1) is 0 Å². The van der Waals surface area contributed by atoms with Crippen LogP contribution in [0.5, 0.6) is 0 Å². The molecule has 0 spiro atoms. The monoisotopic (exact) mass is 293 g/mol. The van der Waals surface area contributed by atoms with Crippen molar-refractivity contribution in [1.82, 2.24) is 4.90 Å². The average Bonchev–Trinajstić information content (AvgIpc) is 2.49. The fraction of sp³-hybridized carbons (Fsp3) is 0.500. The highest BCUT2D eigenvalue weighted by molar-refractivity contribution is 5.68. The number of rotatable bonds is 9. The Hall–Kier alpha value is -2.04. The summed E-state index contributed by atoms with van der Waals surface area (Å²) >= 11 is 0. The van der Waals surface area contributed by atoms with Crippen LogP contribution in [-0.4, -0.2) is 35.2 Å². The Morgan fingerprint density at radius 1 is 1.14 bits per heavy atom. The zero-order valence-corrected chi connectivity index (χ0v) is 12.5.